The lowest BCUT2D eigenvalue weighted by atomic mass is 10.1. The first kappa shape index (κ1) is 12.2. The van der Waals surface area contributed by atoms with Crippen molar-refractivity contribution in [3.05, 3.63) is 41.6 Å². The molecule has 0 amide bonds. The zero-order valence-corrected chi connectivity index (χ0v) is 11.3. The molecular weight excluding hydrogens is 264 g/mol. The number of anilines is 1. The van der Waals surface area contributed by atoms with E-state index in [4.69, 9.17) is 5.73 Å². The first-order valence-electron chi connectivity index (χ1n) is 5.84. The minimum Gasteiger partial charge on any atom is -0.399 e. The van der Waals surface area contributed by atoms with Crippen LogP contribution in [-0.4, -0.2) is 22.5 Å². The van der Waals surface area contributed by atoms with E-state index < -0.39 is 10.0 Å². The van der Waals surface area contributed by atoms with E-state index in [1.54, 1.807) is 13.1 Å². The lowest BCUT2D eigenvalue weighted by Gasteiger charge is -2.15. The Labute approximate surface area is 111 Å². The van der Waals surface area contributed by atoms with Gasteiger partial charge in [-0.05, 0) is 29.3 Å². The van der Waals surface area contributed by atoms with Crippen LogP contribution >= 0.6 is 0 Å². The molecule has 7 heteroatoms. The standard InChI is InChI=1S/C12H14N4O2S/c1-15-12(4-5-14-15)19(17,18)16-7-9-2-3-11(13)6-10(9)8-16/h2-6H,7-8,13H2,1H3. The van der Waals surface area contributed by atoms with Crippen LogP contribution in [0.15, 0.2) is 35.5 Å². The Morgan fingerprint density at radius 3 is 2.63 bits per heavy atom. The van der Waals surface area contributed by atoms with E-state index in [2.05, 4.69) is 5.10 Å². The third-order valence-corrected chi connectivity index (χ3v) is 5.17. The van der Waals surface area contributed by atoms with Gasteiger partial charge in [0, 0.05) is 25.8 Å². The Bertz CT molecular complexity index is 736. The Morgan fingerprint density at radius 1 is 1.21 bits per heavy atom. The summed E-state index contributed by atoms with van der Waals surface area (Å²) in [6.07, 6.45) is 1.48. The van der Waals surface area contributed by atoms with Crippen LogP contribution in [-0.2, 0) is 30.2 Å². The normalized spacial score (nSPS) is 15.6. The Morgan fingerprint density at radius 2 is 1.95 bits per heavy atom. The largest absolute Gasteiger partial charge is 0.399 e. The van der Waals surface area contributed by atoms with Gasteiger partial charge >= 0.3 is 0 Å². The van der Waals surface area contributed by atoms with E-state index in [9.17, 15) is 8.42 Å². The van der Waals surface area contributed by atoms with Gasteiger partial charge in [-0.3, -0.25) is 4.68 Å². The summed E-state index contributed by atoms with van der Waals surface area (Å²) in [4.78, 5) is 0. The molecule has 0 unspecified atom stereocenters. The number of benzene rings is 1. The molecule has 0 saturated heterocycles. The number of fused-ring (bicyclic) bond motifs is 1. The van der Waals surface area contributed by atoms with Crippen molar-refractivity contribution in [2.75, 3.05) is 5.73 Å². The second-order valence-electron chi connectivity index (χ2n) is 4.59. The molecule has 0 atom stereocenters. The summed E-state index contributed by atoms with van der Waals surface area (Å²) in [5.74, 6) is 0. The highest BCUT2D eigenvalue weighted by atomic mass is 32.2. The smallest absolute Gasteiger partial charge is 0.260 e. The number of aryl methyl sites for hydroxylation is 1. The predicted octanol–water partition coefficient (Wildman–Crippen LogP) is 0.707. The van der Waals surface area contributed by atoms with Crippen molar-refractivity contribution in [1.82, 2.24) is 14.1 Å². The number of rotatable bonds is 2. The van der Waals surface area contributed by atoms with E-state index in [1.807, 2.05) is 12.1 Å². The van der Waals surface area contributed by atoms with Crippen LogP contribution in [0.1, 0.15) is 11.1 Å². The zero-order valence-electron chi connectivity index (χ0n) is 10.4. The van der Waals surface area contributed by atoms with Gasteiger partial charge in [-0.2, -0.15) is 9.40 Å². The number of nitrogen functional groups attached to an aromatic ring is 1. The Balaban J connectivity index is 1.97. The number of nitrogens with zero attached hydrogens (tertiary/aromatic N) is 3. The zero-order chi connectivity index (χ0) is 13.6. The van der Waals surface area contributed by atoms with Crippen LogP contribution in [0.2, 0.25) is 0 Å². The fourth-order valence-corrected chi connectivity index (χ4v) is 3.80. The van der Waals surface area contributed by atoms with E-state index >= 15 is 0 Å². The van der Waals surface area contributed by atoms with E-state index in [0.29, 0.717) is 18.8 Å². The lowest BCUT2D eigenvalue weighted by molar-refractivity contribution is 0.424. The summed E-state index contributed by atoms with van der Waals surface area (Å²) in [6.45, 7) is 0.733. The minimum atomic E-state index is -3.51. The molecule has 1 aromatic carbocycles. The van der Waals surface area contributed by atoms with Gasteiger partial charge < -0.3 is 5.73 Å². The lowest BCUT2D eigenvalue weighted by Crippen LogP contribution is -2.27. The number of aromatic nitrogens is 2. The van der Waals surface area contributed by atoms with Crippen LogP contribution in [0.4, 0.5) is 5.69 Å². The molecule has 1 aromatic heterocycles. The van der Waals surface area contributed by atoms with Crippen molar-refractivity contribution in [3.8, 4) is 0 Å². The van der Waals surface area contributed by atoms with Gasteiger partial charge in [0.1, 0.15) is 0 Å². The highest BCUT2D eigenvalue weighted by Crippen LogP contribution is 2.29. The fourth-order valence-electron chi connectivity index (χ4n) is 2.30. The van der Waals surface area contributed by atoms with Crippen molar-refractivity contribution >= 4 is 15.7 Å². The average Bonchev–Trinajstić information content (AvgIpc) is 2.94. The maximum atomic E-state index is 12.5. The first-order valence-corrected chi connectivity index (χ1v) is 7.28. The summed E-state index contributed by atoms with van der Waals surface area (Å²) in [6, 6.07) is 7.00. The molecule has 2 N–H and O–H groups in total. The van der Waals surface area contributed by atoms with E-state index in [-0.39, 0.29) is 5.03 Å². The van der Waals surface area contributed by atoms with Gasteiger partial charge in [0.05, 0.1) is 6.20 Å². The van der Waals surface area contributed by atoms with Crippen LogP contribution < -0.4 is 5.73 Å². The van der Waals surface area contributed by atoms with E-state index in [1.165, 1.54) is 21.3 Å². The second kappa shape index (κ2) is 4.07. The van der Waals surface area contributed by atoms with Crippen molar-refractivity contribution in [3.63, 3.8) is 0 Å². The molecular formula is C12H14N4O2S. The number of sulfonamides is 1. The Kier molecular flexibility index (Phi) is 2.61. The van der Waals surface area contributed by atoms with E-state index in [0.717, 1.165) is 11.1 Å². The van der Waals surface area contributed by atoms with Crippen molar-refractivity contribution in [2.45, 2.75) is 18.1 Å². The van der Waals surface area contributed by atoms with Crippen molar-refractivity contribution in [2.24, 2.45) is 7.05 Å². The van der Waals surface area contributed by atoms with Gasteiger partial charge in [0.15, 0.2) is 5.03 Å². The fraction of sp³-hybridized carbons (Fsp3) is 0.250. The van der Waals surface area contributed by atoms with Gasteiger partial charge in [0.25, 0.3) is 10.0 Å². The molecule has 0 fully saturated rings. The molecule has 0 saturated carbocycles. The molecule has 100 valence electrons. The van der Waals surface area contributed by atoms with Crippen LogP contribution in [0.3, 0.4) is 0 Å². The average molecular weight is 278 g/mol. The first-order chi connectivity index (χ1) is 8.98. The monoisotopic (exact) mass is 278 g/mol. The van der Waals surface area contributed by atoms with Gasteiger partial charge in [0.2, 0.25) is 0 Å². The molecule has 19 heavy (non-hydrogen) atoms. The Hall–Kier alpha value is -1.86. The van der Waals surface area contributed by atoms with Crippen LogP contribution in [0, 0.1) is 0 Å². The molecule has 1 aliphatic heterocycles. The maximum Gasteiger partial charge on any atom is 0.260 e. The maximum absolute atomic E-state index is 12.5. The molecule has 0 spiro atoms. The second-order valence-corrected chi connectivity index (χ2v) is 6.48. The number of nitrogens with two attached hydrogens (primary N) is 1. The summed E-state index contributed by atoms with van der Waals surface area (Å²) in [5.41, 5.74) is 8.34. The molecule has 2 heterocycles. The molecule has 6 nitrogen and oxygen atoms in total. The van der Waals surface area contributed by atoms with Crippen LogP contribution in [0.25, 0.3) is 0 Å². The van der Waals surface area contributed by atoms with Gasteiger partial charge in [-0.1, -0.05) is 6.07 Å². The summed E-state index contributed by atoms with van der Waals surface area (Å²) < 4.78 is 27.8. The molecule has 0 radical (unpaired) electrons. The number of hydrogen-bond donors (Lipinski definition) is 1. The summed E-state index contributed by atoms with van der Waals surface area (Å²) in [7, 11) is -1.89. The predicted molar refractivity (Wildman–Crippen MR) is 70.5 cm³/mol. The van der Waals surface area contributed by atoms with Crippen LogP contribution in [0.5, 0.6) is 0 Å². The third-order valence-electron chi connectivity index (χ3n) is 3.30. The number of hydrogen-bond acceptors (Lipinski definition) is 4. The van der Waals surface area contributed by atoms with Gasteiger partial charge in [-0.25, -0.2) is 8.42 Å². The summed E-state index contributed by atoms with van der Waals surface area (Å²) >= 11 is 0. The molecule has 2 aromatic rings. The molecule has 0 bridgehead atoms. The molecule has 3 rings (SSSR count). The minimum absolute atomic E-state index is 0.202. The van der Waals surface area contributed by atoms with Crippen molar-refractivity contribution < 1.29 is 8.42 Å². The quantitative estimate of drug-likeness (QED) is 0.820. The third kappa shape index (κ3) is 1.91. The van der Waals surface area contributed by atoms with Crippen molar-refractivity contribution in [1.29, 1.82) is 0 Å². The topological polar surface area (TPSA) is 81.2 Å². The molecule has 1 aliphatic rings. The molecule has 0 aliphatic carbocycles. The highest BCUT2D eigenvalue weighted by molar-refractivity contribution is 7.89. The van der Waals surface area contributed by atoms with Gasteiger partial charge in [-0.15, -0.1) is 0 Å². The highest BCUT2D eigenvalue weighted by Gasteiger charge is 2.32. The SMILES string of the molecule is Cn1nccc1S(=O)(=O)N1Cc2ccc(N)cc2C1. The summed E-state index contributed by atoms with van der Waals surface area (Å²) in [5, 5.41) is 4.11.